The minimum Gasteiger partial charge on any atom is -0.441 e. The van der Waals surface area contributed by atoms with Crippen LogP contribution in [0.4, 0.5) is 5.69 Å². The van der Waals surface area contributed by atoms with E-state index in [0.29, 0.717) is 11.6 Å². The van der Waals surface area contributed by atoms with Gasteiger partial charge < -0.3 is 10.2 Å². The minimum absolute atomic E-state index is 0.569. The molecular weight excluding hydrogens is 178 g/mol. The Morgan fingerprint density at radius 3 is 2.64 bits per heavy atom. The van der Waals surface area contributed by atoms with Gasteiger partial charge in [0.15, 0.2) is 0 Å². The lowest BCUT2D eigenvalue weighted by molar-refractivity contribution is 0.540. The van der Waals surface area contributed by atoms with Gasteiger partial charge in [0, 0.05) is 12.4 Å². The van der Waals surface area contributed by atoms with Crippen molar-refractivity contribution < 1.29 is 4.42 Å². The number of hydrogen-bond acceptors (Lipinski definition) is 4. The molecule has 0 fully saturated rings. The zero-order valence-electron chi connectivity index (χ0n) is 8.11. The average Bonchev–Trinajstić information content (AvgIpc) is 2.47. The molecule has 2 aromatic heterocycles. The Balaban J connectivity index is 2.49. The smallest absolute Gasteiger partial charge is 0.228 e. The van der Waals surface area contributed by atoms with E-state index in [1.54, 1.807) is 18.5 Å². The summed E-state index contributed by atoms with van der Waals surface area (Å²) >= 11 is 0. The average molecular weight is 189 g/mol. The number of nitrogens with zero attached hydrogens (tertiary/aromatic N) is 2. The summed E-state index contributed by atoms with van der Waals surface area (Å²) in [5, 5.41) is 0. The van der Waals surface area contributed by atoms with Crippen LogP contribution < -0.4 is 5.73 Å². The monoisotopic (exact) mass is 189 g/mol. The van der Waals surface area contributed by atoms with Gasteiger partial charge in [0.2, 0.25) is 5.89 Å². The number of oxazole rings is 1. The summed E-state index contributed by atoms with van der Waals surface area (Å²) in [6.07, 6.45) is 3.27. The van der Waals surface area contributed by atoms with Crippen LogP contribution in [0.15, 0.2) is 22.9 Å². The Hall–Kier alpha value is -1.84. The molecule has 72 valence electrons. The van der Waals surface area contributed by atoms with Gasteiger partial charge in [-0.05, 0) is 19.9 Å². The quantitative estimate of drug-likeness (QED) is 0.744. The van der Waals surface area contributed by atoms with Crippen LogP contribution in [0.1, 0.15) is 11.5 Å². The fourth-order valence-electron chi connectivity index (χ4n) is 1.17. The van der Waals surface area contributed by atoms with E-state index in [4.69, 9.17) is 10.2 Å². The van der Waals surface area contributed by atoms with E-state index < -0.39 is 0 Å². The summed E-state index contributed by atoms with van der Waals surface area (Å²) in [7, 11) is 0. The maximum atomic E-state index is 5.61. The number of pyridine rings is 1. The molecule has 0 atom stereocenters. The van der Waals surface area contributed by atoms with Crippen LogP contribution in [-0.4, -0.2) is 9.97 Å². The number of rotatable bonds is 1. The van der Waals surface area contributed by atoms with Crippen LogP contribution in [0.25, 0.3) is 11.5 Å². The number of nitrogen functional groups attached to an aromatic ring is 1. The zero-order valence-corrected chi connectivity index (χ0v) is 8.11. The van der Waals surface area contributed by atoms with Crippen molar-refractivity contribution in [3.63, 3.8) is 0 Å². The predicted molar refractivity (Wildman–Crippen MR) is 53.6 cm³/mol. The molecular formula is C10H11N3O. The van der Waals surface area contributed by atoms with Crippen molar-refractivity contribution in [1.82, 2.24) is 9.97 Å². The van der Waals surface area contributed by atoms with Crippen molar-refractivity contribution in [2.75, 3.05) is 5.73 Å². The molecule has 4 nitrogen and oxygen atoms in total. The van der Waals surface area contributed by atoms with Crippen LogP contribution in [-0.2, 0) is 0 Å². The Bertz CT molecular complexity index is 443. The summed E-state index contributed by atoms with van der Waals surface area (Å²) in [6, 6.07) is 1.79. The summed E-state index contributed by atoms with van der Waals surface area (Å²) in [6.45, 7) is 3.79. The Morgan fingerprint density at radius 1 is 1.29 bits per heavy atom. The SMILES string of the molecule is Cc1nc(-c2cncc(N)c2)oc1C. The van der Waals surface area contributed by atoms with E-state index in [0.717, 1.165) is 17.0 Å². The molecule has 0 radical (unpaired) electrons. The first-order valence-corrected chi connectivity index (χ1v) is 4.32. The predicted octanol–water partition coefficient (Wildman–Crippen LogP) is 1.94. The largest absolute Gasteiger partial charge is 0.441 e. The Kier molecular flexibility index (Phi) is 1.96. The van der Waals surface area contributed by atoms with E-state index >= 15 is 0 Å². The maximum Gasteiger partial charge on any atom is 0.228 e. The number of nitrogens with two attached hydrogens (primary N) is 1. The van der Waals surface area contributed by atoms with Gasteiger partial charge in [-0.3, -0.25) is 4.98 Å². The number of anilines is 1. The Labute approximate surface area is 81.8 Å². The maximum absolute atomic E-state index is 5.61. The molecule has 2 heterocycles. The molecule has 0 aromatic carbocycles. The lowest BCUT2D eigenvalue weighted by atomic mass is 10.2. The second kappa shape index (κ2) is 3.14. The normalized spacial score (nSPS) is 10.4. The molecule has 0 saturated carbocycles. The van der Waals surface area contributed by atoms with Crippen molar-refractivity contribution in [2.24, 2.45) is 0 Å². The first-order chi connectivity index (χ1) is 6.66. The van der Waals surface area contributed by atoms with Gasteiger partial charge >= 0.3 is 0 Å². The van der Waals surface area contributed by atoms with E-state index in [1.165, 1.54) is 0 Å². The third kappa shape index (κ3) is 1.46. The number of aromatic nitrogens is 2. The third-order valence-electron chi connectivity index (χ3n) is 2.03. The van der Waals surface area contributed by atoms with Crippen LogP contribution in [0.3, 0.4) is 0 Å². The minimum atomic E-state index is 0.569. The molecule has 14 heavy (non-hydrogen) atoms. The first kappa shape index (κ1) is 8.74. The fraction of sp³-hybridized carbons (Fsp3) is 0.200. The van der Waals surface area contributed by atoms with E-state index in [2.05, 4.69) is 9.97 Å². The van der Waals surface area contributed by atoms with Crippen LogP contribution in [0, 0.1) is 13.8 Å². The molecule has 0 aliphatic carbocycles. The van der Waals surface area contributed by atoms with E-state index in [9.17, 15) is 0 Å². The molecule has 0 aliphatic rings. The van der Waals surface area contributed by atoms with Crippen LogP contribution >= 0.6 is 0 Å². The second-order valence-corrected chi connectivity index (χ2v) is 3.17. The van der Waals surface area contributed by atoms with Crippen LogP contribution in [0.2, 0.25) is 0 Å². The molecule has 0 saturated heterocycles. The van der Waals surface area contributed by atoms with E-state index in [1.807, 2.05) is 13.8 Å². The van der Waals surface area contributed by atoms with Gasteiger partial charge in [-0.1, -0.05) is 0 Å². The molecule has 4 heteroatoms. The standard InChI is InChI=1S/C10H11N3O/c1-6-7(2)14-10(13-6)8-3-9(11)5-12-4-8/h3-5H,11H2,1-2H3. The summed E-state index contributed by atoms with van der Waals surface area (Å²) in [4.78, 5) is 8.23. The van der Waals surface area contributed by atoms with Crippen molar-refractivity contribution in [3.05, 3.63) is 29.9 Å². The number of aryl methyl sites for hydroxylation is 2. The number of hydrogen-bond donors (Lipinski definition) is 1. The molecule has 0 aliphatic heterocycles. The van der Waals surface area contributed by atoms with Crippen molar-refractivity contribution >= 4 is 5.69 Å². The van der Waals surface area contributed by atoms with Gasteiger partial charge in [-0.25, -0.2) is 4.98 Å². The summed E-state index contributed by atoms with van der Waals surface area (Å²) in [5.74, 6) is 1.39. The molecule has 2 N–H and O–H groups in total. The van der Waals surface area contributed by atoms with E-state index in [-0.39, 0.29) is 0 Å². The summed E-state index contributed by atoms with van der Waals surface area (Å²) < 4.78 is 5.45. The third-order valence-corrected chi connectivity index (χ3v) is 2.03. The van der Waals surface area contributed by atoms with Gasteiger partial charge in [-0.2, -0.15) is 0 Å². The van der Waals surface area contributed by atoms with Crippen molar-refractivity contribution in [3.8, 4) is 11.5 Å². The lowest BCUT2D eigenvalue weighted by Gasteiger charge is -1.95. The van der Waals surface area contributed by atoms with Crippen molar-refractivity contribution in [2.45, 2.75) is 13.8 Å². The molecule has 0 spiro atoms. The highest BCUT2D eigenvalue weighted by Crippen LogP contribution is 2.21. The zero-order chi connectivity index (χ0) is 10.1. The molecule has 2 aromatic rings. The highest BCUT2D eigenvalue weighted by Gasteiger charge is 2.08. The first-order valence-electron chi connectivity index (χ1n) is 4.32. The molecule has 2 rings (SSSR count). The fourth-order valence-corrected chi connectivity index (χ4v) is 1.17. The lowest BCUT2D eigenvalue weighted by Crippen LogP contribution is -1.87. The molecule has 0 amide bonds. The highest BCUT2D eigenvalue weighted by molar-refractivity contribution is 5.57. The van der Waals surface area contributed by atoms with Gasteiger partial charge in [0.1, 0.15) is 5.76 Å². The van der Waals surface area contributed by atoms with Gasteiger partial charge in [0.25, 0.3) is 0 Å². The van der Waals surface area contributed by atoms with Crippen LogP contribution in [0.5, 0.6) is 0 Å². The molecule has 0 unspecified atom stereocenters. The molecule has 0 bridgehead atoms. The topological polar surface area (TPSA) is 64.9 Å². The second-order valence-electron chi connectivity index (χ2n) is 3.17. The highest BCUT2D eigenvalue weighted by atomic mass is 16.4. The Morgan fingerprint density at radius 2 is 2.07 bits per heavy atom. The van der Waals surface area contributed by atoms with Gasteiger partial charge in [-0.15, -0.1) is 0 Å². The van der Waals surface area contributed by atoms with Crippen molar-refractivity contribution in [1.29, 1.82) is 0 Å². The summed E-state index contributed by atoms with van der Waals surface area (Å²) in [5.41, 5.74) is 7.91. The van der Waals surface area contributed by atoms with Gasteiger partial charge in [0.05, 0.1) is 16.9 Å².